The van der Waals surface area contributed by atoms with Crippen LogP contribution in [-0.4, -0.2) is 40.7 Å². The van der Waals surface area contributed by atoms with Crippen LogP contribution in [0.4, 0.5) is 10.2 Å². The maximum atomic E-state index is 13.3. The van der Waals surface area contributed by atoms with E-state index in [0.717, 1.165) is 11.1 Å². The van der Waals surface area contributed by atoms with Crippen molar-refractivity contribution in [2.24, 2.45) is 4.99 Å². The first-order chi connectivity index (χ1) is 11.7. The smallest absolute Gasteiger partial charge is 0.202 e. The van der Waals surface area contributed by atoms with Gasteiger partial charge in [-0.25, -0.2) is 9.02 Å². The quantitative estimate of drug-likeness (QED) is 0.195. The molecule has 1 aromatic heterocycles. The van der Waals surface area contributed by atoms with Crippen molar-refractivity contribution < 1.29 is 14.2 Å². The number of amidine groups is 1. The van der Waals surface area contributed by atoms with Gasteiger partial charge >= 0.3 is 0 Å². The van der Waals surface area contributed by atoms with E-state index < -0.39 is 0 Å². The van der Waals surface area contributed by atoms with E-state index >= 15 is 0 Å². The molecule has 0 amide bonds. The summed E-state index contributed by atoms with van der Waals surface area (Å²) in [4.78, 5) is 4.40. The molecule has 2 aromatic rings. The summed E-state index contributed by atoms with van der Waals surface area (Å²) in [6.45, 7) is 1.31. The van der Waals surface area contributed by atoms with E-state index in [4.69, 9.17) is 4.63 Å². The molecular weight excluding hydrogens is 335 g/mol. The number of benzene rings is 1. The van der Waals surface area contributed by atoms with Crippen LogP contribution in [0.2, 0.25) is 0 Å². The number of hydrogen-bond donors (Lipinski definition) is 4. The molecule has 8 nitrogen and oxygen atoms in total. The van der Waals surface area contributed by atoms with Crippen molar-refractivity contribution in [1.29, 1.82) is 0 Å². The number of anilines is 1. The van der Waals surface area contributed by atoms with Gasteiger partial charge in [0, 0.05) is 13.1 Å². The summed E-state index contributed by atoms with van der Waals surface area (Å²) in [6, 6.07) is 4.38. The van der Waals surface area contributed by atoms with Gasteiger partial charge in [-0.2, -0.15) is 0 Å². The monoisotopic (exact) mass is 352 g/mol. The van der Waals surface area contributed by atoms with E-state index in [1.807, 2.05) is 11.7 Å². The normalized spacial score (nSPS) is 16.5. The summed E-state index contributed by atoms with van der Waals surface area (Å²) in [6.07, 6.45) is 2.61. The Kier molecular flexibility index (Phi) is 5.28. The number of rotatable bonds is 7. The molecule has 24 heavy (non-hydrogen) atoms. The fourth-order valence-corrected chi connectivity index (χ4v) is 2.76. The molecule has 0 aliphatic heterocycles. The first kappa shape index (κ1) is 16.7. The second kappa shape index (κ2) is 7.60. The highest BCUT2D eigenvalue weighted by Crippen LogP contribution is 2.36. The van der Waals surface area contributed by atoms with E-state index in [-0.39, 0.29) is 23.4 Å². The van der Waals surface area contributed by atoms with Crippen LogP contribution in [0.25, 0.3) is 0 Å². The van der Waals surface area contributed by atoms with Gasteiger partial charge in [-0.15, -0.1) is 0 Å². The lowest BCUT2D eigenvalue weighted by molar-refractivity contribution is 0.232. The van der Waals surface area contributed by atoms with Gasteiger partial charge in [0.2, 0.25) is 5.82 Å². The maximum Gasteiger partial charge on any atom is 0.202 e. The topological polar surface area (TPSA) is 108 Å². The standard InChI is InChI=1S/C14H17FN6O2S/c1-24-17-5-4-16-13-12(20-23-21-13)14(19-22)18-11-6-8-2-3-9(15)7-10(8)11/h2-3,7,11,17,22H,4-6H2,1H3,(H,16,21)(H,18,19). The van der Waals surface area contributed by atoms with E-state index in [1.54, 1.807) is 6.07 Å². The molecule has 0 bridgehead atoms. The number of aromatic nitrogens is 2. The molecule has 0 saturated heterocycles. The largest absolute Gasteiger partial charge is 0.364 e. The van der Waals surface area contributed by atoms with Crippen LogP contribution in [-0.2, 0) is 6.42 Å². The van der Waals surface area contributed by atoms with Crippen LogP contribution < -0.4 is 15.5 Å². The van der Waals surface area contributed by atoms with E-state index in [1.165, 1.54) is 24.1 Å². The van der Waals surface area contributed by atoms with Crippen molar-refractivity contribution in [1.82, 2.24) is 20.5 Å². The summed E-state index contributed by atoms with van der Waals surface area (Å²) in [5.74, 6) is 0.187. The highest BCUT2D eigenvalue weighted by Gasteiger charge is 2.28. The number of fused-ring (bicyclic) bond motifs is 1. The number of halogens is 1. The Morgan fingerprint density at radius 1 is 1.46 bits per heavy atom. The van der Waals surface area contributed by atoms with Gasteiger partial charge in [0.25, 0.3) is 0 Å². The molecule has 4 N–H and O–H groups in total. The van der Waals surface area contributed by atoms with Crippen molar-refractivity contribution in [2.45, 2.75) is 12.5 Å². The molecule has 3 rings (SSSR count). The van der Waals surface area contributed by atoms with Crippen LogP contribution in [0.15, 0.2) is 27.8 Å². The van der Waals surface area contributed by atoms with Gasteiger partial charge in [0.15, 0.2) is 11.5 Å². The van der Waals surface area contributed by atoms with Gasteiger partial charge in [-0.3, -0.25) is 20.4 Å². The zero-order valence-corrected chi connectivity index (χ0v) is 13.7. The molecule has 1 aliphatic rings. The molecule has 1 aromatic carbocycles. The molecule has 0 spiro atoms. The highest BCUT2D eigenvalue weighted by atomic mass is 32.2. The van der Waals surface area contributed by atoms with Gasteiger partial charge in [0.1, 0.15) is 5.82 Å². The average Bonchev–Trinajstić information content (AvgIpc) is 3.03. The van der Waals surface area contributed by atoms with Crippen LogP contribution >= 0.6 is 11.9 Å². The van der Waals surface area contributed by atoms with Crippen molar-refractivity contribution in [3.8, 4) is 0 Å². The molecular formula is C14H17FN6O2S. The summed E-state index contributed by atoms with van der Waals surface area (Å²) in [5.41, 5.74) is 4.14. The Balaban J connectivity index is 1.74. The van der Waals surface area contributed by atoms with Crippen molar-refractivity contribution in [3.05, 3.63) is 40.8 Å². The Morgan fingerprint density at radius 3 is 3.12 bits per heavy atom. The maximum absolute atomic E-state index is 13.3. The molecule has 0 fully saturated rings. The Bertz CT molecular complexity index is 738. The minimum atomic E-state index is -0.307. The zero-order chi connectivity index (χ0) is 16.9. The van der Waals surface area contributed by atoms with Gasteiger partial charge in [-0.05, 0) is 46.2 Å². The van der Waals surface area contributed by atoms with Crippen molar-refractivity contribution >= 4 is 23.6 Å². The lowest BCUT2D eigenvalue weighted by Crippen LogP contribution is -2.26. The molecule has 128 valence electrons. The van der Waals surface area contributed by atoms with Crippen LogP contribution in [0.3, 0.4) is 0 Å². The molecule has 10 heteroatoms. The third-order valence-corrected chi connectivity index (χ3v) is 4.14. The predicted molar refractivity (Wildman–Crippen MR) is 88.6 cm³/mol. The lowest BCUT2D eigenvalue weighted by Gasteiger charge is -2.27. The van der Waals surface area contributed by atoms with Crippen LogP contribution in [0.5, 0.6) is 0 Å². The minimum Gasteiger partial charge on any atom is -0.364 e. The SMILES string of the molecule is CSNCCNc1nonc1C(=NC1Cc2ccc(F)cc21)NO. The summed E-state index contributed by atoms with van der Waals surface area (Å²) < 4.78 is 21.2. The third-order valence-electron chi connectivity index (χ3n) is 3.65. The summed E-state index contributed by atoms with van der Waals surface area (Å²) in [5, 5.41) is 20.0. The summed E-state index contributed by atoms with van der Waals surface area (Å²) in [7, 11) is 0. The average molecular weight is 352 g/mol. The number of hydrogen-bond acceptors (Lipinski definition) is 8. The van der Waals surface area contributed by atoms with Gasteiger partial charge in [-0.1, -0.05) is 18.0 Å². The number of hydroxylamine groups is 1. The third kappa shape index (κ3) is 3.50. The molecule has 1 heterocycles. The fourth-order valence-electron chi connectivity index (χ4n) is 2.46. The van der Waals surface area contributed by atoms with E-state index in [9.17, 15) is 9.60 Å². The molecule has 0 saturated carbocycles. The van der Waals surface area contributed by atoms with Gasteiger partial charge in [0.05, 0.1) is 6.04 Å². The van der Waals surface area contributed by atoms with E-state index in [0.29, 0.717) is 25.3 Å². The highest BCUT2D eigenvalue weighted by molar-refractivity contribution is 7.96. The fraction of sp³-hybridized carbons (Fsp3) is 0.357. The van der Waals surface area contributed by atoms with Crippen LogP contribution in [0, 0.1) is 5.82 Å². The first-order valence-corrected chi connectivity index (χ1v) is 8.54. The summed E-state index contributed by atoms with van der Waals surface area (Å²) >= 11 is 1.51. The molecule has 1 aliphatic carbocycles. The molecule has 0 radical (unpaired) electrons. The number of aliphatic imine (C=N–C) groups is 1. The zero-order valence-electron chi connectivity index (χ0n) is 12.9. The predicted octanol–water partition coefficient (Wildman–Crippen LogP) is 1.51. The Hall–Kier alpha value is -2.17. The number of nitrogens with zero attached hydrogens (tertiary/aromatic N) is 3. The second-order valence-electron chi connectivity index (χ2n) is 5.14. The first-order valence-electron chi connectivity index (χ1n) is 7.31. The second-order valence-corrected chi connectivity index (χ2v) is 5.84. The van der Waals surface area contributed by atoms with Crippen molar-refractivity contribution in [3.63, 3.8) is 0 Å². The van der Waals surface area contributed by atoms with E-state index in [2.05, 4.69) is 25.3 Å². The van der Waals surface area contributed by atoms with Crippen molar-refractivity contribution in [2.75, 3.05) is 24.7 Å². The lowest BCUT2D eigenvalue weighted by atomic mass is 9.83. The molecule has 1 atom stereocenters. The van der Waals surface area contributed by atoms with Gasteiger partial charge < -0.3 is 5.32 Å². The Morgan fingerprint density at radius 2 is 2.33 bits per heavy atom. The van der Waals surface area contributed by atoms with Crippen LogP contribution in [0.1, 0.15) is 22.9 Å². The minimum absolute atomic E-state index is 0.122. The molecule has 1 unspecified atom stereocenters. The Labute approximate surface area is 142 Å². The number of nitrogens with one attached hydrogen (secondary N) is 3.